The van der Waals surface area contributed by atoms with Crippen molar-refractivity contribution in [1.82, 2.24) is 9.62 Å². The van der Waals surface area contributed by atoms with E-state index in [1.54, 1.807) is 43.6 Å². The molecule has 0 radical (unpaired) electrons. The quantitative estimate of drug-likeness (QED) is 0.651. The van der Waals surface area contributed by atoms with Gasteiger partial charge in [0.25, 0.3) is 5.91 Å². The average molecular weight is 461 g/mol. The van der Waals surface area contributed by atoms with Gasteiger partial charge in [0, 0.05) is 30.8 Å². The van der Waals surface area contributed by atoms with Crippen LogP contribution in [0.15, 0.2) is 41.3 Å². The van der Waals surface area contributed by atoms with E-state index >= 15 is 0 Å². The number of aryl methyl sites for hydroxylation is 1. The predicted octanol–water partition coefficient (Wildman–Crippen LogP) is 3.55. The number of hydrogen-bond donors (Lipinski definition) is 1. The molecule has 1 amide bonds. The number of ether oxygens (including phenoxy) is 2. The van der Waals surface area contributed by atoms with Gasteiger partial charge in [-0.2, -0.15) is 4.31 Å². The maximum atomic E-state index is 13.2. The van der Waals surface area contributed by atoms with Crippen LogP contribution in [0.2, 0.25) is 0 Å². The van der Waals surface area contributed by atoms with Crippen LogP contribution in [0.3, 0.4) is 0 Å². The number of hydrogen-bond acceptors (Lipinski definition) is 5. The Morgan fingerprint density at radius 1 is 1.12 bits per heavy atom. The summed E-state index contributed by atoms with van der Waals surface area (Å²) in [6, 6.07) is 10.3. The van der Waals surface area contributed by atoms with Gasteiger partial charge in [-0.25, -0.2) is 8.42 Å². The molecule has 2 aromatic carbocycles. The first-order valence-corrected chi connectivity index (χ1v) is 12.3. The number of nitrogens with zero attached hydrogens (tertiary/aromatic N) is 1. The molecule has 1 aliphatic rings. The minimum absolute atomic E-state index is 0.0354. The van der Waals surface area contributed by atoms with Crippen molar-refractivity contribution in [3.05, 3.63) is 53.1 Å². The lowest BCUT2D eigenvalue weighted by Crippen LogP contribution is -2.42. The molecule has 7 nitrogen and oxygen atoms in total. The molecule has 0 bridgehead atoms. The van der Waals surface area contributed by atoms with Gasteiger partial charge in [0.2, 0.25) is 10.0 Å². The van der Waals surface area contributed by atoms with Gasteiger partial charge in [-0.3, -0.25) is 4.79 Å². The third-order valence-corrected chi connectivity index (χ3v) is 7.99. The van der Waals surface area contributed by atoms with Crippen LogP contribution in [-0.4, -0.2) is 52.0 Å². The summed E-state index contributed by atoms with van der Waals surface area (Å²) in [4.78, 5) is 13.0. The number of nitrogens with one attached hydrogen (secondary N) is 1. The fraction of sp³-hybridized carbons (Fsp3) is 0.458. The monoisotopic (exact) mass is 460 g/mol. The summed E-state index contributed by atoms with van der Waals surface area (Å²) in [6.07, 6.45) is 3.32. The van der Waals surface area contributed by atoms with Crippen LogP contribution in [0.25, 0.3) is 0 Å². The highest BCUT2D eigenvalue weighted by atomic mass is 32.2. The first-order chi connectivity index (χ1) is 15.3. The Morgan fingerprint density at radius 2 is 1.91 bits per heavy atom. The van der Waals surface area contributed by atoms with E-state index in [4.69, 9.17) is 9.47 Å². The van der Waals surface area contributed by atoms with Crippen molar-refractivity contribution >= 4 is 15.9 Å². The van der Waals surface area contributed by atoms with E-state index < -0.39 is 10.0 Å². The van der Waals surface area contributed by atoms with Crippen LogP contribution in [-0.2, 0) is 16.4 Å². The van der Waals surface area contributed by atoms with Gasteiger partial charge in [0.1, 0.15) is 11.5 Å². The summed E-state index contributed by atoms with van der Waals surface area (Å²) in [5.41, 5.74) is 2.05. The fourth-order valence-corrected chi connectivity index (χ4v) is 5.76. The van der Waals surface area contributed by atoms with Gasteiger partial charge < -0.3 is 14.8 Å². The maximum absolute atomic E-state index is 13.2. The molecule has 0 spiro atoms. The van der Waals surface area contributed by atoms with E-state index in [0.29, 0.717) is 36.6 Å². The van der Waals surface area contributed by atoms with Crippen molar-refractivity contribution in [2.24, 2.45) is 0 Å². The van der Waals surface area contributed by atoms with Gasteiger partial charge in [-0.05, 0) is 62.4 Å². The van der Waals surface area contributed by atoms with Crippen LogP contribution in [0.4, 0.5) is 0 Å². The number of amides is 1. The van der Waals surface area contributed by atoms with Crippen molar-refractivity contribution in [3.63, 3.8) is 0 Å². The Kier molecular flexibility index (Phi) is 7.79. The van der Waals surface area contributed by atoms with Crippen molar-refractivity contribution in [2.75, 3.05) is 27.3 Å². The summed E-state index contributed by atoms with van der Waals surface area (Å²) in [5.74, 6) is 1.10. The van der Waals surface area contributed by atoms with Crippen LogP contribution in [0, 0.1) is 6.92 Å². The summed E-state index contributed by atoms with van der Waals surface area (Å²) in [6.45, 7) is 4.65. The van der Waals surface area contributed by atoms with Crippen molar-refractivity contribution in [3.8, 4) is 11.5 Å². The molecule has 32 heavy (non-hydrogen) atoms. The van der Waals surface area contributed by atoms with Gasteiger partial charge in [-0.15, -0.1) is 0 Å². The number of benzene rings is 2. The van der Waals surface area contributed by atoms with Crippen molar-refractivity contribution < 1.29 is 22.7 Å². The van der Waals surface area contributed by atoms with E-state index in [-0.39, 0.29) is 16.8 Å². The lowest BCUT2D eigenvalue weighted by Gasteiger charge is -2.32. The molecule has 3 rings (SSSR count). The Morgan fingerprint density at radius 3 is 2.59 bits per heavy atom. The number of methoxy groups -OCH3 is 2. The largest absolute Gasteiger partial charge is 0.497 e. The molecule has 1 aliphatic heterocycles. The molecule has 0 aliphatic carbocycles. The second-order valence-electron chi connectivity index (χ2n) is 8.12. The molecular weight excluding hydrogens is 428 g/mol. The summed E-state index contributed by atoms with van der Waals surface area (Å²) < 4.78 is 38.5. The first kappa shape index (κ1) is 24.1. The number of carbonyl (C=O) groups is 1. The maximum Gasteiger partial charge on any atom is 0.251 e. The van der Waals surface area contributed by atoms with Gasteiger partial charge in [-0.1, -0.05) is 18.6 Å². The standard InChI is InChI=1S/C24H32N2O5S/c1-17-8-11-21(32(28,29)26-14-6-5-7-18(26)2)16-22(17)24(27)25-13-12-19-9-10-20(30-3)15-23(19)31-4/h8-11,15-16,18H,5-7,12-14H2,1-4H3,(H,25,27). The Balaban J connectivity index is 1.72. The number of piperidine rings is 1. The highest BCUT2D eigenvalue weighted by molar-refractivity contribution is 7.89. The zero-order valence-corrected chi connectivity index (χ0v) is 20.0. The van der Waals surface area contributed by atoms with E-state index in [2.05, 4.69) is 5.32 Å². The number of rotatable bonds is 8. The minimum Gasteiger partial charge on any atom is -0.497 e. The van der Waals surface area contributed by atoms with Crippen LogP contribution >= 0.6 is 0 Å². The second-order valence-corrected chi connectivity index (χ2v) is 10.0. The van der Waals surface area contributed by atoms with Crippen LogP contribution in [0.1, 0.15) is 47.7 Å². The summed E-state index contributed by atoms with van der Waals surface area (Å²) in [5, 5.41) is 2.90. The molecular formula is C24H32N2O5S. The zero-order chi connectivity index (χ0) is 23.3. The van der Waals surface area contributed by atoms with E-state index in [1.165, 1.54) is 6.07 Å². The van der Waals surface area contributed by atoms with Gasteiger partial charge >= 0.3 is 0 Å². The van der Waals surface area contributed by atoms with Crippen LogP contribution < -0.4 is 14.8 Å². The highest BCUT2D eigenvalue weighted by Gasteiger charge is 2.31. The molecule has 1 fully saturated rings. The summed E-state index contributed by atoms with van der Waals surface area (Å²) in [7, 11) is -0.451. The molecule has 1 atom stereocenters. The first-order valence-electron chi connectivity index (χ1n) is 10.9. The second kappa shape index (κ2) is 10.4. The Bertz CT molecular complexity index is 1070. The molecule has 1 heterocycles. The Hall–Kier alpha value is -2.58. The molecule has 0 saturated carbocycles. The highest BCUT2D eigenvalue weighted by Crippen LogP contribution is 2.27. The predicted molar refractivity (Wildman–Crippen MR) is 124 cm³/mol. The lowest BCUT2D eigenvalue weighted by atomic mass is 10.1. The topological polar surface area (TPSA) is 84.9 Å². The molecule has 174 valence electrons. The molecule has 2 aromatic rings. The van der Waals surface area contributed by atoms with Crippen LogP contribution in [0.5, 0.6) is 11.5 Å². The normalized spacial score (nSPS) is 17.1. The molecule has 1 saturated heterocycles. The lowest BCUT2D eigenvalue weighted by molar-refractivity contribution is 0.0953. The Labute approximate surface area is 190 Å². The molecule has 0 aromatic heterocycles. The molecule has 1 N–H and O–H groups in total. The average Bonchev–Trinajstić information content (AvgIpc) is 2.79. The minimum atomic E-state index is -3.64. The summed E-state index contributed by atoms with van der Waals surface area (Å²) >= 11 is 0. The van der Waals surface area contributed by atoms with Gasteiger partial charge in [0.15, 0.2) is 0 Å². The van der Waals surface area contributed by atoms with Crippen molar-refractivity contribution in [1.29, 1.82) is 0 Å². The smallest absolute Gasteiger partial charge is 0.251 e. The van der Waals surface area contributed by atoms with E-state index in [9.17, 15) is 13.2 Å². The third kappa shape index (κ3) is 5.24. The molecule has 1 unspecified atom stereocenters. The van der Waals surface area contributed by atoms with E-state index in [0.717, 1.165) is 30.4 Å². The van der Waals surface area contributed by atoms with E-state index in [1.807, 2.05) is 19.1 Å². The number of sulfonamides is 1. The third-order valence-electron chi connectivity index (χ3n) is 5.98. The zero-order valence-electron chi connectivity index (χ0n) is 19.2. The fourth-order valence-electron chi connectivity index (χ4n) is 4.03. The van der Waals surface area contributed by atoms with Crippen molar-refractivity contribution in [2.45, 2.75) is 50.5 Å². The van der Waals surface area contributed by atoms with Gasteiger partial charge in [0.05, 0.1) is 19.1 Å². The SMILES string of the molecule is COc1ccc(CCNC(=O)c2cc(S(=O)(=O)N3CCCCC3C)ccc2C)c(OC)c1. The molecule has 8 heteroatoms. The number of carbonyl (C=O) groups excluding carboxylic acids is 1.